The van der Waals surface area contributed by atoms with Crippen molar-refractivity contribution in [3.05, 3.63) is 67.5 Å². The Morgan fingerprint density at radius 1 is 1.21 bits per heavy atom. The standard InChI is InChI=1S/C14H13BrFIN2/c15-14-11(2-1-3-12(14)16)13(19-18)8-9-4-6-10(17)7-5-9/h1-7,13,19H,8,18H2. The van der Waals surface area contributed by atoms with Gasteiger partial charge in [0, 0.05) is 3.57 Å². The molecule has 3 N–H and O–H groups in total. The highest BCUT2D eigenvalue weighted by molar-refractivity contribution is 14.1. The number of benzene rings is 2. The van der Waals surface area contributed by atoms with Gasteiger partial charge in [-0.2, -0.15) is 0 Å². The summed E-state index contributed by atoms with van der Waals surface area (Å²) in [7, 11) is 0. The topological polar surface area (TPSA) is 38.0 Å². The number of nitrogens with one attached hydrogen (secondary N) is 1. The summed E-state index contributed by atoms with van der Waals surface area (Å²) < 4.78 is 15.2. The maximum atomic E-state index is 13.6. The minimum atomic E-state index is -0.277. The van der Waals surface area contributed by atoms with Gasteiger partial charge in [-0.3, -0.25) is 11.3 Å². The van der Waals surface area contributed by atoms with E-state index in [1.165, 1.54) is 9.64 Å². The molecule has 1 atom stereocenters. The molecule has 0 heterocycles. The van der Waals surface area contributed by atoms with Gasteiger partial charge in [-0.1, -0.05) is 24.3 Å². The largest absolute Gasteiger partial charge is 0.271 e. The van der Waals surface area contributed by atoms with Gasteiger partial charge in [-0.05, 0) is 74.3 Å². The number of hydrogen-bond acceptors (Lipinski definition) is 2. The molecule has 0 bridgehead atoms. The molecule has 19 heavy (non-hydrogen) atoms. The van der Waals surface area contributed by atoms with Crippen molar-refractivity contribution in [3.8, 4) is 0 Å². The lowest BCUT2D eigenvalue weighted by molar-refractivity contribution is 0.540. The van der Waals surface area contributed by atoms with Crippen LogP contribution < -0.4 is 11.3 Å². The van der Waals surface area contributed by atoms with Crippen molar-refractivity contribution in [2.75, 3.05) is 0 Å². The van der Waals surface area contributed by atoms with Gasteiger partial charge in [0.05, 0.1) is 10.5 Å². The average molecular weight is 435 g/mol. The van der Waals surface area contributed by atoms with Crippen LogP contribution in [-0.2, 0) is 6.42 Å². The Labute approximate surface area is 133 Å². The molecule has 1 unspecified atom stereocenters. The van der Waals surface area contributed by atoms with Gasteiger partial charge in [-0.25, -0.2) is 4.39 Å². The zero-order valence-corrected chi connectivity index (χ0v) is 13.8. The Morgan fingerprint density at radius 2 is 1.89 bits per heavy atom. The van der Waals surface area contributed by atoms with E-state index in [4.69, 9.17) is 5.84 Å². The van der Waals surface area contributed by atoms with Gasteiger partial charge >= 0.3 is 0 Å². The molecular formula is C14H13BrFIN2. The van der Waals surface area contributed by atoms with Crippen LogP contribution in [0.4, 0.5) is 4.39 Å². The van der Waals surface area contributed by atoms with Crippen molar-refractivity contribution < 1.29 is 4.39 Å². The zero-order chi connectivity index (χ0) is 13.8. The first kappa shape index (κ1) is 14.9. The molecule has 0 aliphatic rings. The van der Waals surface area contributed by atoms with E-state index < -0.39 is 0 Å². The second kappa shape index (κ2) is 6.78. The fourth-order valence-electron chi connectivity index (χ4n) is 1.90. The SMILES string of the molecule is NNC(Cc1ccc(I)cc1)c1cccc(F)c1Br. The molecule has 100 valence electrons. The number of halogens is 3. The smallest absolute Gasteiger partial charge is 0.137 e. The number of hydrogen-bond donors (Lipinski definition) is 2. The Balaban J connectivity index is 2.25. The fraction of sp³-hybridized carbons (Fsp3) is 0.143. The number of rotatable bonds is 4. The summed E-state index contributed by atoms with van der Waals surface area (Å²) in [6.07, 6.45) is 0.704. The Morgan fingerprint density at radius 3 is 2.53 bits per heavy atom. The van der Waals surface area contributed by atoms with Gasteiger partial charge in [0.15, 0.2) is 0 Å². The Bertz CT molecular complexity index is 560. The summed E-state index contributed by atoms with van der Waals surface area (Å²) in [6, 6.07) is 13.0. The number of hydrazine groups is 1. The van der Waals surface area contributed by atoms with Crippen molar-refractivity contribution in [2.24, 2.45) is 5.84 Å². The fourth-order valence-corrected chi connectivity index (χ4v) is 2.80. The van der Waals surface area contributed by atoms with Crippen LogP contribution in [0.25, 0.3) is 0 Å². The molecule has 5 heteroatoms. The van der Waals surface area contributed by atoms with E-state index in [0.29, 0.717) is 10.9 Å². The third kappa shape index (κ3) is 3.75. The highest BCUT2D eigenvalue weighted by atomic mass is 127. The highest BCUT2D eigenvalue weighted by Crippen LogP contribution is 2.28. The van der Waals surface area contributed by atoms with Crippen molar-refractivity contribution in [3.63, 3.8) is 0 Å². The lowest BCUT2D eigenvalue weighted by Crippen LogP contribution is -2.30. The summed E-state index contributed by atoms with van der Waals surface area (Å²) in [5, 5.41) is 0. The molecule has 0 fully saturated rings. The van der Waals surface area contributed by atoms with Crippen molar-refractivity contribution in [2.45, 2.75) is 12.5 Å². The van der Waals surface area contributed by atoms with Gasteiger partial charge in [0.1, 0.15) is 5.82 Å². The quantitative estimate of drug-likeness (QED) is 0.434. The van der Waals surface area contributed by atoms with Crippen molar-refractivity contribution in [1.82, 2.24) is 5.43 Å². The third-order valence-electron chi connectivity index (χ3n) is 2.91. The van der Waals surface area contributed by atoms with E-state index in [1.807, 2.05) is 18.2 Å². The molecule has 0 spiro atoms. The van der Waals surface area contributed by atoms with E-state index in [2.05, 4.69) is 56.1 Å². The molecule has 0 saturated carbocycles. The Kier molecular flexibility index (Phi) is 5.32. The molecule has 0 aromatic heterocycles. The van der Waals surface area contributed by atoms with Gasteiger partial charge < -0.3 is 0 Å². The predicted molar refractivity (Wildman–Crippen MR) is 87.0 cm³/mol. The summed E-state index contributed by atoms with van der Waals surface area (Å²) in [6.45, 7) is 0. The van der Waals surface area contributed by atoms with Crippen LogP contribution in [0.2, 0.25) is 0 Å². The molecule has 0 aliphatic heterocycles. The van der Waals surface area contributed by atoms with E-state index in [-0.39, 0.29) is 11.9 Å². The van der Waals surface area contributed by atoms with Crippen molar-refractivity contribution in [1.29, 1.82) is 0 Å². The molecular weight excluding hydrogens is 422 g/mol. The first-order valence-corrected chi connectivity index (χ1v) is 7.63. The highest BCUT2D eigenvalue weighted by Gasteiger charge is 2.15. The lowest BCUT2D eigenvalue weighted by atomic mass is 9.99. The lowest BCUT2D eigenvalue weighted by Gasteiger charge is -2.18. The van der Waals surface area contributed by atoms with E-state index in [9.17, 15) is 4.39 Å². The molecule has 2 nitrogen and oxygen atoms in total. The average Bonchev–Trinajstić information content (AvgIpc) is 2.42. The minimum Gasteiger partial charge on any atom is -0.271 e. The first-order valence-electron chi connectivity index (χ1n) is 5.76. The second-order valence-corrected chi connectivity index (χ2v) is 6.23. The van der Waals surface area contributed by atoms with Crippen LogP contribution >= 0.6 is 38.5 Å². The van der Waals surface area contributed by atoms with E-state index in [1.54, 1.807) is 6.07 Å². The van der Waals surface area contributed by atoms with Crippen molar-refractivity contribution >= 4 is 38.5 Å². The molecule has 2 rings (SSSR count). The van der Waals surface area contributed by atoms with Crippen LogP contribution in [0.1, 0.15) is 17.2 Å². The summed E-state index contributed by atoms with van der Waals surface area (Å²) in [4.78, 5) is 0. The predicted octanol–water partition coefficient (Wildman–Crippen LogP) is 3.94. The summed E-state index contributed by atoms with van der Waals surface area (Å²) in [5.41, 5.74) is 4.72. The third-order valence-corrected chi connectivity index (χ3v) is 4.47. The van der Waals surface area contributed by atoms with Crippen LogP contribution in [0.15, 0.2) is 46.9 Å². The molecule has 0 radical (unpaired) electrons. The maximum Gasteiger partial charge on any atom is 0.137 e. The van der Waals surface area contributed by atoms with E-state index >= 15 is 0 Å². The van der Waals surface area contributed by atoms with Gasteiger partial charge in [-0.15, -0.1) is 0 Å². The molecule has 2 aromatic rings. The molecule has 0 saturated heterocycles. The molecule has 0 amide bonds. The normalized spacial score (nSPS) is 12.4. The van der Waals surface area contributed by atoms with Crippen LogP contribution in [0.5, 0.6) is 0 Å². The Hall–Kier alpha value is -0.500. The van der Waals surface area contributed by atoms with Crippen LogP contribution in [-0.4, -0.2) is 0 Å². The minimum absolute atomic E-state index is 0.134. The summed E-state index contributed by atoms with van der Waals surface area (Å²) >= 11 is 5.54. The monoisotopic (exact) mass is 434 g/mol. The summed E-state index contributed by atoms with van der Waals surface area (Å²) in [5.74, 6) is 5.33. The van der Waals surface area contributed by atoms with Gasteiger partial charge in [0.25, 0.3) is 0 Å². The van der Waals surface area contributed by atoms with E-state index in [0.717, 1.165) is 11.1 Å². The second-order valence-electron chi connectivity index (χ2n) is 4.19. The molecule has 0 aliphatic carbocycles. The van der Waals surface area contributed by atoms with Crippen LogP contribution in [0.3, 0.4) is 0 Å². The van der Waals surface area contributed by atoms with Crippen LogP contribution in [0, 0.1) is 9.39 Å². The zero-order valence-electron chi connectivity index (χ0n) is 10.0. The first-order chi connectivity index (χ1) is 9.11. The number of nitrogens with two attached hydrogens (primary N) is 1. The molecule has 2 aromatic carbocycles. The maximum absolute atomic E-state index is 13.6. The van der Waals surface area contributed by atoms with Gasteiger partial charge in [0.2, 0.25) is 0 Å².